The monoisotopic (exact) mass is 327 g/mol. The molecule has 3 rings (SSSR count). The first-order valence-electron chi connectivity index (χ1n) is 6.80. The Bertz CT molecular complexity index is 835. The zero-order valence-corrected chi connectivity index (χ0v) is 13.1. The molecule has 2 heterocycles. The van der Waals surface area contributed by atoms with Crippen molar-refractivity contribution in [1.82, 2.24) is 25.0 Å². The van der Waals surface area contributed by atoms with E-state index in [1.807, 2.05) is 31.2 Å². The van der Waals surface area contributed by atoms with Gasteiger partial charge in [0.2, 0.25) is 0 Å². The van der Waals surface area contributed by atoms with Crippen molar-refractivity contribution in [3.63, 3.8) is 0 Å². The minimum atomic E-state index is -1.10. The van der Waals surface area contributed by atoms with Crippen LogP contribution in [0.15, 0.2) is 47.9 Å². The van der Waals surface area contributed by atoms with Crippen LogP contribution in [-0.4, -0.2) is 36.0 Å². The molecule has 0 fully saturated rings. The number of aryl methyl sites for hydroxylation is 1. The number of carboxylic acid groups (broad SMARTS) is 1. The molecule has 2 aromatic heterocycles. The maximum atomic E-state index is 11.4. The average Bonchev–Trinajstić information content (AvgIpc) is 2.98. The molecule has 7 nitrogen and oxygen atoms in total. The highest BCUT2D eigenvalue weighted by Gasteiger charge is 2.20. The van der Waals surface area contributed by atoms with E-state index in [1.165, 1.54) is 11.8 Å². The summed E-state index contributed by atoms with van der Waals surface area (Å²) in [5, 5.41) is 17.7. The van der Waals surface area contributed by atoms with E-state index in [2.05, 4.69) is 20.3 Å². The molecule has 0 saturated carbocycles. The average molecular weight is 327 g/mol. The Labute approximate surface area is 136 Å². The van der Waals surface area contributed by atoms with Gasteiger partial charge < -0.3 is 5.11 Å². The molecule has 0 atom stereocenters. The Kier molecular flexibility index (Phi) is 4.33. The molecule has 1 N–H and O–H groups in total. The van der Waals surface area contributed by atoms with Crippen LogP contribution >= 0.6 is 11.8 Å². The zero-order valence-electron chi connectivity index (χ0n) is 12.2. The fraction of sp³-hybridized carbons (Fsp3) is 0.133. The van der Waals surface area contributed by atoms with Crippen LogP contribution in [0.4, 0.5) is 0 Å². The fourth-order valence-electron chi connectivity index (χ4n) is 2.06. The van der Waals surface area contributed by atoms with E-state index in [1.54, 1.807) is 23.1 Å². The summed E-state index contributed by atoms with van der Waals surface area (Å²) in [6.07, 6.45) is 3.28. The SMILES string of the molecule is Cc1cccc(-n2nnc(C(=O)O)c2CSc2ncccn2)c1. The Morgan fingerprint density at radius 1 is 1.26 bits per heavy atom. The van der Waals surface area contributed by atoms with Crippen LogP contribution in [0.3, 0.4) is 0 Å². The Hall–Kier alpha value is -2.74. The number of carbonyl (C=O) groups is 1. The van der Waals surface area contributed by atoms with Crippen LogP contribution < -0.4 is 0 Å². The highest BCUT2D eigenvalue weighted by molar-refractivity contribution is 7.98. The number of rotatable bonds is 5. The maximum Gasteiger partial charge on any atom is 0.358 e. The molecule has 0 bridgehead atoms. The summed E-state index contributed by atoms with van der Waals surface area (Å²) in [7, 11) is 0. The van der Waals surface area contributed by atoms with Gasteiger partial charge in [-0.05, 0) is 30.7 Å². The van der Waals surface area contributed by atoms with Crippen molar-refractivity contribution in [3.8, 4) is 5.69 Å². The van der Waals surface area contributed by atoms with Gasteiger partial charge in [-0.25, -0.2) is 19.4 Å². The molecule has 0 saturated heterocycles. The quantitative estimate of drug-likeness (QED) is 0.568. The van der Waals surface area contributed by atoms with Gasteiger partial charge in [-0.3, -0.25) is 0 Å². The summed E-state index contributed by atoms with van der Waals surface area (Å²) < 4.78 is 1.55. The number of thioether (sulfide) groups is 1. The largest absolute Gasteiger partial charge is 0.476 e. The second-order valence-corrected chi connectivity index (χ2v) is 5.70. The predicted octanol–water partition coefficient (Wildman–Crippen LogP) is 2.36. The third-order valence-electron chi connectivity index (χ3n) is 3.09. The van der Waals surface area contributed by atoms with E-state index < -0.39 is 5.97 Å². The minimum Gasteiger partial charge on any atom is -0.476 e. The minimum absolute atomic E-state index is 0.0602. The van der Waals surface area contributed by atoms with Crippen molar-refractivity contribution in [2.75, 3.05) is 0 Å². The van der Waals surface area contributed by atoms with E-state index in [0.29, 0.717) is 16.6 Å². The standard InChI is InChI=1S/C15H13N5O2S/c1-10-4-2-5-11(8-10)20-12(13(14(21)22)18-19-20)9-23-15-16-6-3-7-17-15/h2-8H,9H2,1H3,(H,21,22). The van der Waals surface area contributed by atoms with Crippen molar-refractivity contribution in [1.29, 1.82) is 0 Å². The summed E-state index contributed by atoms with van der Waals surface area (Å²) >= 11 is 1.34. The van der Waals surface area contributed by atoms with Gasteiger partial charge >= 0.3 is 5.97 Å². The second kappa shape index (κ2) is 6.57. The van der Waals surface area contributed by atoms with Gasteiger partial charge in [0.15, 0.2) is 10.9 Å². The Morgan fingerprint density at radius 3 is 2.74 bits per heavy atom. The van der Waals surface area contributed by atoms with Gasteiger partial charge in [0.25, 0.3) is 0 Å². The van der Waals surface area contributed by atoms with Crippen molar-refractivity contribution >= 4 is 17.7 Å². The molecule has 23 heavy (non-hydrogen) atoms. The summed E-state index contributed by atoms with van der Waals surface area (Å²) in [6, 6.07) is 9.37. The van der Waals surface area contributed by atoms with Gasteiger partial charge in [-0.1, -0.05) is 29.1 Å². The second-order valence-electron chi connectivity index (χ2n) is 4.76. The van der Waals surface area contributed by atoms with E-state index in [0.717, 1.165) is 11.3 Å². The molecule has 0 aliphatic heterocycles. The van der Waals surface area contributed by atoms with Gasteiger partial charge in [0.05, 0.1) is 11.4 Å². The van der Waals surface area contributed by atoms with Crippen LogP contribution in [0.2, 0.25) is 0 Å². The topological polar surface area (TPSA) is 93.8 Å². The molecular weight excluding hydrogens is 314 g/mol. The lowest BCUT2D eigenvalue weighted by molar-refractivity contribution is 0.0689. The molecule has 0 spiro atoms. The van der Waals surface area contributed by atoms with E-state index in [-0.39, 0.29) is 5.69 Å². The summed E-state index contributed by atoms with van der Waals surface area (Å²) in [5.41, 5.74) is 2.27. The van der Waals surface area contributed by atoms with Crippen LogP contribution in [0.25, 0.3) is 5.69 Å². The van der Waals surface area contributed by atoms with Crippen molar-refractivity contribution < 1.29 is 9.90 Å². The van der Waals surface area contributed by atoms with Gasteiger partial charge in [0.1, 0.15) is 0 Å². The van der Waals surface area contributed by atoms with Gasteiger partial charge in [0, 0.05) is 18.1 Å². The summed E-state index contributed by atoms with van der Waals surface area (Å²) in [6.45, 7) is 1.96. The molecule has 1 aromatic carbocycles. The number of aromatic nitrogens is 5. The number of aromatic carboxylic acids is 1. The number of hydrogen-bond acceptors (Lipinski definition) is 6. The third-order valence-corrected chi connectivity index (χ3v) is 3.98. The predicted molar refractivity (Wildman–Crippen MR) is 84.6 cm³/mol. The number of carboxylic acids is 1. The summed E-state index contributed by atoms with van der Waals surface area (Å²) in [4.78, 5) is 19.6. The lowest BCUT2D eigenvalue weighted by Crippen LogP contribution is -2.06. The van der Waals surface area contributed by atoms with Crippen molar-refractivity contribution in [2.24, 2.45) is 0 Å². The summed E-state index contributed by atoms with van der Waals surface area (Å²) in [5.74, 6) is -0.749. The first-order valence-corrected chi connectivity index (χ1v) is 7.78. The smallest absolute Gasteiger partial charge is 0.358 e. The lowest BCUT2D eigenvalue weighted by Gasteiger charge is -2.07. The molecule has 116 valence electrons. The van der Waals surface area contributed by atoms with Gasteiger partial charge in [-0.2, -0.15) is 0 Å². The lowest BCUT2D eigenvalue weighted by atomic mass is 10.2. The van der Waals surface area contributed by atoms with E-state index in [4.69, 9.17) is 0 Å². The Morgan fingerprint density at radius 2 is 2.04 bits per heavy atom. The normalized spacial score (nSPS) is 10.7. The highest BCUT2D eigenvalue weighted by atomic mass is 32.2. The molecule has 0 radical (unpaired) electrons. The number of hydrogen-bond donors (Lipinski definition) is 1. The molecule has 0 unspecified atom stereocenters. The fourth-order valence-corrected chi connectivity index (χ4v) is 2.85. The van der Waals surface area contributed by atoms with Crippen LogP contribution in [0.1, 0.15) is 21.7 Å². The van der Waals surface area contributed by atoms with E-state index in [9.17, 15) is 9.90 Å². The molecule has 0 aliphatic rings. The molecule has 0 aliphatic carbocycles. The molecule has 8 heteroatoms. The number of nitrogens with zero attached hydrogens (tertiary/aromatic N) is 5. The maximum absolute atomic E-state index is 11.4. The molecule has 0 amide bonds. The molecular formula is C15H13N5O2S. The highest BCUT2D eigenvalue weighted by Crippen LogP contribution is 2.23. The third kappa shape index (κ3) is 3.37. The first kappa shape index (κ1) is 15.2. The van der Waals surface area contributed by atoms with Crippen molar-refractivity contribution in [2.45, 2.75) is 17.8 Å². The first-order chi connectivity index (χ1) is 11.1. The zero-order chi connectivity index (χ0) is 16.2. The van der Waals surface area contributed by atoms with Crippen LogP contribution in [0.5, 0.6) is 0 Å². The Balaban J connectivity index is 1.96. The van der Waals surface area contributed by atoms with Crippen LogP contribution in [-0.2, 0) is 5.75 Å². The van der Waals surface area contributed by atoms with Crippen LogP contribution in [0, 0.1) is 6.92 Å². The van der Waals surface area contributed by atoms with Gasteiger partial charge in [-0.15, -0.1) is 5.10 Å². The van der Waals surface area contributed by atoms with E-state index >= 15 is 0 Å². The molecule has 3 aromatic rings. The number of benzene rings is 1. The van der Waals surface area contributed by atoms with Crippen molar-refractivity contribution in [3.05, 3.63) is 59.7 Å².